The number of anilines is 1. The summed E-state index contributed by atoms with van der Waals surface area (Å²) in [7, 11) is 0. The zero-order valence-electron chi connectivity index (χ0n) is 13.5. The van der Waals surface area contributed by atoms with E-state index in [1.54, 1.807) is 0 Å². The summed E-state index contributed by atoms with van der Waals surface area (Å²) in [4.78, 5) is 0. The van der Waals surface area contributed by atoms with Crippen molar-refractivity contribution in [2.24, 2.45) is 0 Å². The Hall–Kier alpha value is -3.72. The first-order valence-electron chi connectivity index (χ1n) is 7.75. The molecule has 2 N–H and O–H groups in total. The molecule has 2 heterocycles. The molecule has 0 atom stereocenters. The van der Waals surface area contributed by atoms with Crippen LogP contribution in [0.1, 0.15) is 11.1 Å². The quantitative estimate of drug-likeness (QED) is 0.610. The molecule has 0 aliphatic rings. The number of rotatable bonds is 2. The average molecular weight is 326 g/mol. The molecule has 25 heavy (non-hydrogen) atoms. The van der Waals surface area contributed by atoms with Crippen molar-refractivity contribution in [2.75, 3.05) is 5.73 Å². The maximum atomic E-state index is 9.09. The lowest BCUT2D eigenvalue weighted by molar-refractivity contribution is 0.836. The molecule has 0 aliphatic heterocycles. The van der Waals surface area contributed by atoms with Gasteiger partial charge in [0, 0.05) is 16.3 Å². The highest BCUT2D eigenvalue weighted by atomic mass is 15.4. The Balaban J connectivity index is 1.98. The monoisotopic (exact) mass is 326 g/mol. The summed E-state index contributed by atoms with van der Waals surface area (Å²) >= 11 is 0. The van der Waals surface area contributed by atoms with Crippen molar-refractivity contribution in [1.82, 2.24) is 20.0 Å². The number of nitrogen functional groups attached to an aromatic ring is 1. The van der Waals surface area contributed by atoms with Crippen molar-refractivity contribution >= 4 is 16.6 Å². The summed E-state index contributed by atoms with van der Waals surface area (Å²) in [6.07, 6.45) is 1.43. The molecule has 0 saturated carbocycles. The molecule has 0 saturated heterocycles. The van der Waals surface area contributed by atoms with Gasteiger partial charge in [0.15, 0.2) is 5.82 Å². The lowest BCUT2D eigenvalue weighted by atomic mass is 10.0. The van der Waals surface area contributed by atoms with Crippen LogP contribution in [0.15, 0.2) is 54.7 Å². The molecule has 0 unspecified atom stereocenters. The van der Waals surface area contributed by atoms with E-state index < -0.39 is 0 Å². The van der Waals surface area contributed by atoms with Crippen LogP contribution in [0.3, 0.4) is 0 Å². The maximum absolute atomic E-state index is 9.09. The summed E-state index contributed by atoms with van der Waals surface area (Å²) in [5.41, 5.74) is 9.30. The Morgan fingerprint density at radius 2 is 1.72 bits per heavy atom. The largest absolute Gasteiger partial charge is 0.382 e. The maximum Gasteiger partial charge on any atom is 0.185 e. The average Bonchev–Trinajstić information content (AvgIpc) is 3.02. The molecular weight excluding hydrogens is 312 g/mol. The van der Waals surface area contributed by atoms with Crippen LogP contribution >= 0.6 is 0 Å². The fraction of sp³-hybridized carbons (Fsp3) is 0.0526. The smallest absolute Gasteiger partial charge is 0.185 e. The Bertz CT molecular complexity index is 1120. The zero-order chi connectivity index (χ0) is 17.4. The van der Waals surface area contributed by atoms with E-state index in [1.807, 2.05) is 61.5 Å². The van der Waals surface area contributed by atoms with E-state index in [4.69, 9.17) is 11.0 Å². The van der Waals surface area contributed by atoms with Crippen LogP contribution in [0, 0.1) is 18.3 Å². The second-order valence-corrected chi connectivity index (χ2v) is 5.75. The SMILES string of the molecule is Cc1ccc(-c2nnc(-n3ncc(C#N)c3N)c3ccccc23)cc1. The number of nitrogens with zero attached hydrogens (tertiary/aromatic N) is 5. The van der Waals surface area contributed by atoms with E-state index >= 15 is 0 Å². The number of aromatic nitrogens is 4. The lowest BCUT2D eigenvalue weighted by Crippen LogP contribution is -2.07. The van der Waals surface area contributed by atoms with Crippen LogP contribution < -0.4 is 5.73 Å². The molecule has 0 amide bonds. The highest BCUT2D eigenvalue weighted by Crippen LogP contribution is 2.30. The third kappa shape index (κ3) is 2.39. The van der Waals surface area contributed by atoms with Crippen molar-refractivity contribution in [1.29, 1.82) is 5.26 Å². The number of nitriles is 1. The van der Waals surface area contributed by atoms with Crippen LogP contribution in [0.2, 0.25) is 0 Å². The third-order valence-corrected chi connectivity index (χ3v) is 4.12. The molecule has 4 aromatic rings. The predicted octanol–water partition coefficient (Wildman–Crippen LogP) is 3.24. The predicted molar refractivity (Wildman–Crippen MR) is 96.0 cm³/mol. The Labute approximate surface area is 144 Å². The molecule has 0 bridgehead atoms. The summed E-state index contributed by atoms with van der Waals surface area (Å²) in [5, 5.41) is 23.8. The Morgan fingerprint density at radius 3 is 2.40 bits per heavy atom. The van der Waals surface area contributed by atoms with E-state index in [0.717, 1.165) is 22.0 Å². The first-order chi connectivity index (χ1) is 12.2. The van der Waals surface area contributed by atoms with Gasteiger partial charge in [0.25, 0.3) is 0 Å². The number of fused-ring (bicyclic) bond motifs is 1. The Kier molecular flexibility index (Phi) is 3.40. The molecule has 0 fully saturated rings. The molecular formula is C19H14N6. The standard InChI is InChI=1S/C19H14N6/c1-12-6-8-13(9-7-12)17-15-4-2-3-5-16(15)19(24-23-17)25-18(21)14(10-20)11-22-25/h2-9,11H,21H2,1H3. The van der Waals surface area contributed by atoms with Gasteiger partial charge in [0.1, 0.15) is 23.1 Å². The van der Waals surface area contributed by atoms with Crippen molar-refractivity contribution in [3.8, 4) is 23.1 Å². The van der Waals surface area contributed by atoms with Gasteiger partial charge in [-0.25, -0.2) is 0 Å². The first-order valence-corrected chi connectivity index (χ1v) is 7.75. The fourth-order valence-corrected chi connectivity index (χ4v) is 2.78. The van der Waals surface area contributed by atoms with Crippen LogP contribution in [0.25, 0.3) is 27.8 Å². The second-order valence-electron chi connectivity index (χ2n) is 5.75. The second kappa shape index (κ2) is 5.73. The summed E-state index contributed by atoms with van der Waals surface area (Å²) < 4.78 is 1.45. The molecule has 2 aromatic heterocycles. The third-order valence-electron chi connectivity index (χ3n) is 4.12. The van der Waals surface area contributed by atoms with E-state index in [1.165, 1.54) is 16.4 Å². The number of nitrogens with two attached hydrogens (primary N) is 1. The fourth-order valence-electron chi connectivity index (χ4n) is 2.78. The van der Waals surface area contributed by atoms with Gasteiger partial charge in [-0.15, -0.1) is 10.2 Å². The van der Waals surface area contributed by atoms with Gasteiger partial charge in [-0.3, -0.25) is 0 Å². The molecule has 6 heteroatoms. The van der Waals surface area contributed by atoms with Crippen LogP contribution in [-0.4, -0.2) is 20.0 Å². The highest BCUT2D eigenvalue weighted by molar-refractivity contribution is 5.98. The van der Waals surface area contributed by atoms with Crippen molar-refractivity contribution in [2.45, 2.75) is 6.92 Å². The number of benzene rings is 2. The van der Waals surface area contributed by atoms with E-state index in [2.05, 4.69) is 15.3 Å². The normalized spacial score (nSPS) is 10.7. The van der Waals surface area contributed by atoms with Gasteiger partial charge < -0.3 is 5.73 Å². The summed E-state index contributed by atoms with van der Waals surface area (Å²) in [6.45, 7) is 2.05. The molecule has 4 rings (SSSR count). The molecule has 2 aromatic carbocycles. The van der Waals surface area contributed by atoms with Gasteiger partial charge in [0.2, 0.25) is 0 Å². The zero-order valence-corrected chi connectivity index (χ0v) is 13.5. The van der Waals surface area contributed by atoms with Gasteiger partial charge in [-0.1, -0.05) is 54.1 Å². The molecule has 120 valence electrons. The minimum Gasteiger partial charge on any atom is -0.382 e. The van der Waals surface area contributed by atoms with Crippen LogP contribution in [-0.2, 0) is 0 Å². The molecule has 6 nitrogen and oxygen atoms in total. The Morgan fingerprint density at radius 1 is 1.00 bits per heavy atom. The van der Waals surface area contributed by atoms with Crippen molar-refractivity contribution in [3.05, 3.63) is 65.9 Å². The van der Waals surface area contributed by atoms with E-state index in [-0.39, 0.29) is 5.82 Å². The summed E-state index contributed by atoms with van der Waals surface area (Å²) in [6, 6.07) is 18.0. The van der Waals surface area contributed by atoms with Crippen molar-refractivity contribution < 1.29 is 0 Å². The minimum atomic E-state index is 0.255. The molecule has 0 radical (unpaired) electrons. The van der Waals surface area contributed by atoms with Gasteiger partial charge in [0.05, 0.1) is 6.20 Å². The van der Waals surface area contributed by atoms with E-state index in [0.29, 0.717) is 11.4 Å². The number of aryl methyl sites for hydroxylation is 1. The lowest BCUT2D eigenvalue weighted by Gasteiger charge is -2.10. The summed E-state index contributed by atoms with van der Waals surface area (Å²) in [5.74, 6) is 0.760. The highest BCUT2D eigenvalue weighted by Gasteiger charge is 2.16. The topological polar surface area (TPSA) is 93.4 Å². The van der Waals surface area contributed by atoms with Crippen molar-refractivity contribution in [3.63, 3.8) is 0 Å². The number of hydrogen-bond acceptors (Lipinski definition) is 5. The molecule has 0 spiro atoms. The van der Waals surface area contributed by atoms with Gasteiger partial charge in [-0.05, 0) is 6.92 Å². The number of hydrogen-bond donors (Lipinski definition) is 1. The van der Waals surface area contributed by atoms with E-state index in [9.17, 15) is 0 Å². The molecule has 0 aliphatic carbocycles. The van der Waals surface area contributed by atoms with Gasteiger partial charge in [-0.2, -0.15) is 15.0 Å². The van der Waals surface area contributed by atoms with Gasteiger partial charge >= 0.3 is 0 Å². The van der Waals surface area contributed by atoms with Crippen LogP contribution in [0.4, 0.5) is 5.82 Å². The minimum absolute atomic E-state index is 0.255. The van der Waals surface area contributed by atoms with Crippen LogP contribution in [0.5, 0.6) is 0 Å². The first kappa shape index (κ1) is 14.8.